The average Bonchev–Trinajstić information content (AvgIpc) is 3.03. The molecule has 1 N–H and O–H groups in total. The molecule has 10 heteroatoms. The van der Waals surface area contributed by atoms with E-state index in [-0.39, 0.29) is 23.9 Å². The van der Waals surface area contributed by atoms with Gasteiger partial charge in [0.1, 0.15) is 5.65 Å². The maximum absolute atomic E-state index is 12.3. The Morgan fingerprint density at radius 1 is 1.32 bits per heavy atom. The Bertz CT molecular complexity index is 889. The summed E-state index contributed by atoms with van der Waals surface area (Å²) < 4.78 is 53.1. The van der Waals surface area contributed by atoms with Crippen molar-refractivity contribution in [3.63, 3.8) is 0 Å². The average molecular weight is 344 g/mol. The highest BCUT2D eigenvalue weighted by molar-refractivity contribution is 7.89. The fraction of sp³-hybridized carbons (Fsp3) is 0.417. The predicted octanol–water partition coefficient (Wildman–Crippen LogP) is -0.352. The van der Waals surface area contributed by atoms with Gasteiger partial charge in [-0.1, -0.05) is 6.07 Å². The van der Waals surface area contributed by atoms with Gasteiger partial charge in [0.15, 0.2) is 5.03 Å². The fourth-order valence-corrected chi connectivity index (χ4v) is 5.07. The van der Waals surface area contributed by atoms with E-state index in [1.165, 1.54) is 14.9 Å². The van der Waals surface area contributed by atoms with Crippen LogP contribution >= 0.6 is 0 Å². The summed E-state index contributed by atoms with van der Waals surface area (Å²) in [6, 6.07) is 5.19. The number of nitrogens with zero attached hydrogens (tertiary/aromatic N) is 3. The minimum atomic E-state index is -3.74. The van der Waals surface area contributed by atoms with Crippen LogP contribution in [0.15, 0.2) is 35.6 Å². The van der Waals surface area contributed by atoms with Crippen LogP contribution in [0.4, 0.5) is 0 Å². The summed E-state index contributed by atoms with van der Waals surface area (Å²) in [5.41, 5.74) is 0.532. The van der Waals surface area contributed by atoms with Crippen molar-refractivity contribution >= 4 is 25.7 Å². The zero-order valence-electron chi connectivity index (χ0n) is 11.7. The topological polar surface area (TPSA) is 101 Å². The van der Waals surface area contributed by atoms with E-state index in [1.54, 1.807) is 24.4 Å². The lowest BCUT2D eigenvalue weighted by molar-refractivity contribution is 0.444. The molecule has 1 saturated heterocycles. The Hall–Kier alpha value is -1.49. The number of fused-ring (bicyclic) bond motifs is 1. The number of pyridine rings is 1. The van der Waals surface area contributed by atoms with E-state index in [0.717, 1.165) is 0 Å². The molecule has 0 atom stereocenters. The zero-order chi connectivity index (χ0) is 15.8. The second-order valence-corrected chi connectivity index (χ2v) is 8.79. The Morgan fingerprint density at radius 3 is 2.86 bits per heavy atom. The first kappa shape index (κ1) is 15.4. The number of nitrogens with one attached hydrogen (secondary N) is 1. The first-order chi connectivity index (χ1) is 10.4. The molecule has 3 heterocycles. The van der Waals surface area contributed by atoms with Crippen LogP contribution in [0, 0.1) is 0 Å². The van der Waals surface area contributed by atoms with E-state index in [2.05, 4.69) is 9.71 Å². The van der Waals surface area contributed by atoms with Crippen molar-refractivity contribution in [2.45, 2.75) is 11.4 Å². The molecule has 8 nitrogen and oxygen atoms in total. The van der Waals surface area contributed by atoms with E-state index >= 15 is 0 Å². The molecule has 0 radical (unpaired) electrons. The van der Waals surface area contributed by atoms with Crippen molar-refractivity contribution in [3.8, 4) is 0 Å². The molecule has 22 heavy (non-hydrogen) atoms. The SMILES string of the molecule is O=S(=O)(NCCN1CCCS1(=O)=O)c1cnc2ccccn12. The second-order valence-electron chi connectivity index (χ2n) is 4.99. The van der Waals surface area contributed by atoms with Gasteiger partial charge in [0.2, 0.25) is 10.0 Å². The van der Waals surface area contributed by atoms with Gasteiger partial charge in [-0.3, -0.25) is 4.40 Å². The van der Waals surface area contributed by atoms with Crippen molar-refractivity contribution in [2.24, 2.45) is 0 Å². The standard InChI is InChI=1S/C12H16N4O4S2/c17-21(18)9-3-6-15(21)8-5-14-22(19,20)12-10-13-11-4-1-2-7-16(11)12/h1-2,4,7,10,14H,3,5-6,8-9H2. The molecule has 0 bridgehead atoms. The van der Waals surface area contributed by atoms with Crippen LogP contribution in [0.3, 0.4) is 0 Å². The molecule has 0 spiro atoms. The maximum Gasteiger partial charge on any atom is 0.258 e. The molecule has 2 aromatic heterocycles. The molecule has 0 aliphatic carbocycles. The highest BCUT2D eigenvalue weighted by Gasteiger charge is 2.28. The van der Waals surface area contributed by atoms with Crippen LogP contribution in [0.2, 0.25) is 0 Å². The van der Waals surface area contributed by atoms with Gasteiger partial charge in [-0.15, -0.1) is 0 Å². The summed E-state index contributed by atoms with van der Waals surface area (Å²) in [6.45, 7) is 0.611. The predicted molar refractivity (Wildman–Crippen MR) is 80.4 cm³/mol. The fourth-order valence-electron chi connectivity index (χ4n) is 2.43. The number of imidazole rings is 1. The van der Waals surface area contributed by atoms with Crippen LogP contribution < -0.4 is 4.72 Å². The molecule has 0 unspecified atom stereocenters. The molecule has 1 fully saturated rings. The molecule has 0 amide bonds. The highest BCUT2D eigenvalue weighted by Crippen LogP contribution is 2.13. The summed E-state index contributed by atoms with van der Waals surface area (Å²) in [5.74, 6) is 0.132. The first-order valence-electron chi connectivity index (χ1n) is 6.80. The summed E-state index contributed by atoms with van der Waals surface area (Å²) in [6.07, 6.45) is 3.48. The number of hydrogen-bond acceptors (Lipinski definition) is 5. The van der Waals surface area contributed by atoms with Gasteiger partial charge in [-0.05, 0) is 18.6 Å². The van der Waals surface area contributed by atoms with Gasteiger partial charge in [0.25, 0.3) is 10.0 Å². The van der Waals surface area contributed by atoms with Gasteiger partial charge in [0, 0.05) is 25.8 Å². The molecule has 1 aliphatic rings. The third-order valence-corrected chi connectivity index (χ3v) is 6.91. The molecule has 0 aromatic carbocycles. The lowest BCUT2D eigenvalue weighted by Gasteiger charge is -2.14. The molecule has 120 valence electrons. The minimum Gasteiger partial charge on any atom is -0.289 e. The van der Waals surface area contributed by atoms with E-state index in [1.807, 2.05) is 0 Å². The first-order valence-corrected chi connectivity index (χ1v) is 9.89. The van der Waals surface area contributed by atoms with Crippen LogP contribution in [-0.2, 0) is 20.0 Å². The summed E-state index contributed by atoms with van der Waals surface area (Å²) in [7, 11) is -6.96. The molecule has 0 saturated carbocycles. The maximum atomic E-state index is 12.3. The normalized spacial score (nSPS) is 18.9. The summed E-state index contributed by atoms with van der Waals surface area (Å²) in [4.78, 5) is 4.03. The van der Waals surface area contributed by atoms with Gasteiger partial charge in [-0.2, -0.15) is 0 Å². The van der Waals surface area contributed by atoms with Crippen LogP contribution in [-0.4, -0.2) is 55.9 Å². The van der Waals surface area contributed by atoms with Crippen molar-refractivity contribution < 1.29 is 16.8 Å². The third-order valence-electron chi connectivity index (χ3n) is 3.51. The van der Waals surface area contributed by atoms with Crippen molar-refractivity contribution in [1.82, 2.24) is 18.4 Å². The van der Waals surface area contributed by atoms with E-state index in [4.69, 9.17) is 0 Å². The van der Waals surface area contributed by atoms with Crippen molar-refractivity contribution in [3.05, 3.63) is 30.6 Å². The van der Waals surface area contributed by atoms with E-state index in [0.29, 0.717) is 18.6 Å². The number of sulfonamides is 2. The van der Waals surface area contributed by atoms with Crippen molar-refractivity contribution in [1.29, 1.82) is 0 Å². The minimum absolute atomic E-state index is 0.0294. The Balaban J connectivity index is 1.72. The van der Waals surface area contributed by atoms with Gasteiger partial charge in [-0.25, -0.2) is 30.8 Å². The quantitative estimate of drug-likeness (QED) is 0.799. The third kappa shape index (κ3) is 2.86. The van der Waals surface area contributed by atoms with Gasteiger partial charge < -0.3 is 0 Å². The van der Waals surface area contributed by atoms with Crippen molar-refractivity contribution in [2.75, 3.05) is 25.4 Å². The molecule has 1 aliphatic heterocycles. The Labute approximate surface area is 128 Å². The summed E-state index contributed by atoms with van der Waals surface area (Å²) in [5, 5.41) is 0.0346. The molecule has 3 rings (SSSR count). The number of hydrogen-bond donors (Lipinski definition) is 1. The Kier molecular flexibility index (Phi) is 3.93. The monoisotopic (exact) mass is 344 g/mol. The van der Waals surface area contributed by atoms with E-state index < -0.39 is 20.0 Å². The molecular weight excluding hydrogens is 328 g/mol. The molecular formula is C12H16N4O4S2. The lowest BCUT2D eigenvalue weighted by Crippen LogP contribution is -2.36. The summed E-state index contributed by atoms with van der Waals surface area (Å²) >= 11 is 0. The van der Waals surface area contributed by atoms with Crippen LogP contribution in [0.25, 0.3) is 5.65 Å². The highest BCUT2D eigenvalue weighted by atomic mass is 32.2. The van der Waals surface area contributed by atoms with E-state index in [9.17, 15) is 16.8 Å². The van der Waals surface area contributed by atoms with Crippen LogP contribution in [0.1, 0.15) is 6.42 Å². The Morgan fingerprint density at radius 2 is 2.14 bits per heavy atom. The smallest absolute Gasteiger partial charge is 0.258 e. The number of aromatic nitrogens is 2. The lowest BCUT2D eigenvalue weighted by atomic mass is 10.5. The largest absolute Gasteiger partial charge is 0.289 e. The molecule has 2 aromatic rings. The second kappa shape index (κ2) is 5.61. The van der Waals surface area contributed by atoms with Crippen LogP contribution in [0.5, 0.6) is 0 Å². The van der Waals surface area contributed by atoms with Gasteiger partial charge in [0.05, 0.1) is 11.9 Å². The van der Waals surface area contributed by atoms with Gasteiger partial charge >= 0.3 is 0 Å². The zero-order valence-corrected chi connectivity index (χ0v) is 13.3. The number of rotatable bonds is 5.